The maximum Gasteiger partial charge on any atom is 0.251 e. The van der Waals surface area contributed by atoms with Crippen molar-refractivity contribution in [2.45, 2.75) is 19.4 Å². The third-order valence-electron chi connectivity index (χ3n) is 4.62. The Morgan fingerprint density at radius 3 is 2.76 bits per heavy atom. The van der Waals surface area contributed by atoms with E-state index in [0.717, 1.165) is 17.7 Å². The largest absolute Gasteiger partial charge is 0.350 e. The number of likely N-dealkylation sites (N-methyl/N-ethyl adjacent to an activating group) is 1. The van der Waals surface area contributed by atoms with Crippen LogP contribution in [0.2, 0.25) is 0 Å². The van der Waals surface area contributed by atoms with Crippen LogP contribution in [-0.2, 0) is 11.2 Å². The molecule has 0 aliphatic carbocycles. The first kappa shape index (κ1) is 17.6. The van der Waals surface area contributed by atoms with Gasteiger partial charge in [-0.3, -0.25) is 9.59 Å². The van der Waals surface area contributed by atoms with Crippen LogP contribution in [0, 0.1) is 0 Å². The predicted molar refractivity (Wildman–Crippen MR) is 101 cm³/mol. The normalized spacial score (nSPS) is 14.5. The van der Waals surface area contributed by atoms with Gasteiger partial charge in [0.2, 0.25) is 5.91 Å². The van der Waals surface area contributed by atoms with Crippen molar-refractivity contribution >= 4 is 28.8 Å². The Morgan fingerprint density at radius 2 is 2.12 bits per heavy atom. The van der Waals surface area contributed by atoms with E-state index < -0.39 is 0 Å². The maximum atomic E-state index is 12.5. The maximum absolute atomic E-state index is 12.5. The van der Waals surface area contributed by atoms with E-state index in [2.05, 4.69) is 27.0 Å². The van der Waals surface area contributed by atoms with Gasteiger partial charge in [0.25, 0.3) is 5.91 Å². The van der Waals surface area contributed by atoms with Crippen LogP contribution in [0.15, 0.2) is 35.0 Å². The molecular weight excluding hydrogens is 334 g/mol. The van der Waals surface area contributed by atoms with E-state index in [1.807, 2.05) is 26.2 Å². The topological polar surface area (TPSA) is 52.7 Å². The SMILES string of the molecule is CC(=O)N1CCc2cc(C(=O)NC[C@H](c3ccsc3)N(C)C)ccc21. The molecule has 6 heteroatoms. The molecule has 0 fully saturated rings. The third-order valence-corrected chi connectivity index (χ3v) is 5.33. The van der Waals surface area contributed by atoms with Crippen molar-refractivity contribution in [3.05, 3.63) is 51.7 Å². The van der Waals surface area contributed by atoms with Crippen molar-refractivity contribution in [2.75, 3.05) is 32.1 Å². The summed E-state index contributed by atoms with van der Waals surface area (Å²) in [6.07, 6.45) is 0.797. The number of benzene rings is 1. The van der Waals surface area contributed by atoms with Crippen molar-refractivity contribution in [1.82, 2.24) is 10.2 Å². The summed E-state index contributed by atoms with van der Waals surface area (Å²) in [6, 6.07) is 7.82. The Balaban J connectivity index is 1.69. The third kappa shape index (κ3) is 3.75. The monoisotopic (exact) mass is 357 g/mol. The molecule has 0 spiro atoms. The summed E-state index contributed by atoms with van der Waals surface area (Å²) in [6.45, 7) is 2.82. The molecule has 5 nitrogen and oxygen atoms in total. The van der Waals surface area contributed by atoms with E-state index in [-0.39, 0.29) is 17.9 Å². The predicted octanol–water partition coefficient (Wildman–Crippen LogP) is 2.69. The smallest absolute Gasteiger partial charge is 0.251 e. The summed E-state index contributed by atoms with van der Waals surface area (Å²) in [7, 11) is 4.03. The number of thiophene rings is 1. The highest BCUT2D eigenvalue weighted by molar-refractivity contribution is 7.07. The summed E-state index contributed by atoms with van der Waals surface area (Å²) in [5, 5.41) is 7.20. The van der Waals surface area contributed by atoms with Crippen molar-refractivity contribution in [3.63, 3.8) is 0 Å². The van der Waals surface area contributed by atoms with Crippen LogP contribution in [0.3, 0.4) is 0 Å². The van der Waals surface area contributed by atoms with E-state index in [4.69, 9.17) is 0 Å². The van der Waals surface area contributed by atoms with Crippen molar-refractivity contribution in [1.29, 1.82) is 0 Å². The second-order valence-electron chi connectivity index (χ2n) is 6.51. The molecule has 0 unspecified atom stereocenters. The van der Waals surface area contributed by atoms with Crippen LogP contribution in [0.25, 0.3) is 0 Å². The molecule has 0 saturated heterocycles. The molecule has 0 bridgehead atoms. The van der Waals surface area contributed by atoms with E-state index in [0.29, 0.717) is 18.7 Å². The highest BCUT2D eigenvalue weighted by Crippen LogP contribution is 2.29. The summed E-state index contributed by atoms with van der Waals surface area (Å²) in [4.78, 5) is 28.0. The molecule has 132 valence electrons. The number of hydrogen-bond donors (Lipinski definition) is 1. The van der Waals surface area contributed by atoms with Crippen LogP contribution in [-0.4, -0.2) is 43.9 Å². The van der Waals surface area contributed by atoms with Gasteiger partial charge in [-0.1, -0.05) is 0 Å². The molecule has 25 heavy (non-hydrogen) atoms. The summed E-state index contributed by atoms with van der Waals surface area (Å²) >= 11 is 1.66. The number of fused-ring (bicyclic) bond motifs is 1. The number of nitrogens with one attached hydrogen (secondary N) is 1. The van der Waals surface area contributed by atoms with E-state index in [1.54, 1.807) is 29.2 Å². The zero-order chi connectivity index (χ0) is 18.0. The molecule has 1 atom stereocenters. The molecule has 1 aromatic carbocycles. The Labute approximate surface area is 152 Å². The van der Waals surface area contributed by atoms with Gasteiger partial charge in [0.05, 0.1) is 6.04 Å². The number of anilines is 1. The number of carbonyl (C=O) groups is 2. The van der Waals surface area contributed by atoms with Gasteiger partial charge in [0.1, 0.15) is 0 Å². The molecule has 3 rings (SSSR count). The van der Waals surface area contributed by atoms with Crippen LogP contribution >= 0.6 is 11.3 Å². The molecule has 1 aliphatic rings. The van der Waals surface area contributed by atoms with Crippen molar-refractivity contribution < 1.29 is 9.59 Å². The second kappa shape index (κ2) is 7.37. The van der Waals surface area contributed by atoms with Gasteiger partial charge >= 0.3 is 0 Å². The molecule has 2 aromatic rings. The highest BCUT2D eigenvalue weighted by atomic mass is 32.1. The standard InChI is InChI=1S/C19H23N3O2S/c1-13(23)22-8-6-14-10-15(4-5-17(14)22)19(24)20-11-18(21(2)3)16-7-9-25-12-16/h4-5,7,9-10,12,18H,6,8,11H2,1-3H3,(H,20,24)/t18-/m1/s1. The average Bonchev–Trinajstić information content (AvgIpc) is 3.23. The fraction of sp³-hybridized carbons (Fsp3) is 0.368. The highest BCUT2D eigenvalue weighted by Gasteiger charge is 2.23. The summed E-state index contributed by atoms with van der Waals surface area (Å²) in [5.74, 6) is -0.0355. The fourth-order valence-corrected chi connectivity index (χ4v) is 3.93. The minimum absolute atomic E-state index is 0.0422. The Bertz CT molecular complexity index is 771. The van der Waals surface area contributed by atoms with E-state index in [1.165, 1.54) is 5.56 Å². The first-order chi connectivity index (χ1) is 12.0. The Morgan fingerprint density at radius 1 is 1.32 bits per heavy atom. The number of carbonyl (C=O) groups excluding carboxylic acids is 2. The number of nitrogens with zero attached hydrogens (tertiary/aromatic N) is 2. The van der Waals surface area contributed by atoms with Gasteiger partial charge in [-0.25, -0.2) is 0 Å². The van der Waals surface area contributed by atoms with Crippen molar-refractivity contribution in [3.8, 4) is 0 Å². The lowest BCUT2D eigenvalue weighted by atomic mass is 10.1. The minimum Gasteiger partial charge on any atom is -0.350 e. The molecule has 1 aliphatic heterocycles. The van der Waals surface area contributed by atoms with Crippen LogP contribution < -0.4 is 10.2 Å². The Kier molecular flexibility index (Phi) is 5.20. The first-order valence-corrected chi connectivity index (χ1v) is 9.29. The summed E-state index contributed by atoms with van der Waals surface area (Å²) < 4.78 is 0. The van der Waals surface area contributed by atoms with Crippen LogP contribution in [0.4, 0.5) is 5.69 Å². The number of amides is 2. The van der Waals surface area contributed by atoms with Gasteiger partial charge < -0.3 is 15.1 Å². The van der Waals surface area contributed by atoms with E-state index >= 15 is 0 Å². The molecule has 2 heterocycles. The van der Waals surface area contributed by atoms with Gasteiger partial charge in [0.15, 0.2) is 0 Å². The van der Waals surface area contributed by atoms with Crippen LogP contribution in [0.1, 0.15) is 34.5 Å². The fourth-order valence-electron chi connectivity index (χ4n) is 3.22. The van der Waals surface area contributed by atoms with Gasteiger partial charge in [-0.2, -0.15) is 11.3 Å². The number of rotatable bonds is 5. The van der Waals surface area contributed by atoms with E-state index in [9.17, 15) is 9.59 Å². The molecule has 2 amide bonds. The molecule has 0 radical (unpaired) electrons. The summed E-state index contributed by atoms with van der Waals surface area (Å²) in [5.41, 5.74) is 3.84. The zero-order valence-electron chi connectivity index (χ0n) is 14.8. The lowest BCUT2D eigenvalue weighted by Gasteiger charge is -2.24. The van der Waals surface area contributed by atoms with Gasteiger partial charge in [0, 0.05) is 31.3 Å². The quantitative estimate of drug-likeness (QED) is 0.895. The van der Waals surface area contributed by atoms with Gasteiger partial charge in [-0.15, -0.1) is 0 Å². The van der Waals surface area contributed by atoms with Gasteiger partial charge in [-0.05, 0) is 66.7 Å². The lowest BCUT2D eigenvalue weighted by Crippen LogP contribution is -2.34. The second-order valence-corrected chi connectivity index (χ2v) is 7.29. The van der Waals surface area contributed by atoms with Crippen molar-refractivity contribution in [2.24, 2.45) is 0 Å². The minimum atomic E-state index is -0.0776. The average molecular weight is 357 g/mol. The zero-order valence-corrected chi connectivity index (χ0v) is 15.6. The molecule has 1 aromatic heterocycles. The molecule has 0 saturated carbocycles. The first-order valence-electron chi connectivity index (χ1n) is 8.35. The van der Waals surface area contributed by atoms with Crippen LogP contribution in [0.5, 0.6) is 0 Å². The number of hydrogen-bond acceptors (Lipinski definition) is 4. The molecular formula is C19H23N3O2S. The lowest BCUT2D eigenvalue weighted by molar-refractivity contribution is -0.116. The molecule has 1 N–H and O–H groups in total. The Hall–Kier alpha value is -2.18.